The Morgan fingerprint density at radius 3 is 2.74 bits per heavy atom. The van der Waals surface area contributed by atoms with Gasteiger partial charge in [0.25, 0.3) is 0 Å². The van der Waals surface area contributed by atoms with Crippen molar-refractivity contribution in [2.24, 2.45) is 0 Å². The predicted octanol–water partition coefficient (Wildman–Crippen LogP) is 1.42. The third-order valence-corrected chi connectivity index (χ3v) is 4.58. The van der Waals surface area contributed by atoms with Gasteiger partial charge in [-0.3, -0.25) is 9.78 Å². The van der Waals surface area contributed by atoms with Gasteiger partial charge in [0, 0.05) is 30.5 Å². The number of carbonyl (C=O) groups excluding carboxylic acids is 1. The minimum atomic E-state index is -3.64. The first-order valence-corrected chi connectivity index (χ1v) is 7.83. The van der Waals surface area contributed by atoms with Gasteiger partial charge < -0.3 is 4.74 Å². The molecule has 106 valence electrons. The van der Waals surface area contributed by atoms with Crippen molar-refractivity contribution in [3.05, 3.63) is 22.9 Å². The molecular formula is C11H15BrN2O4S. The van der Waals surface area contributed by atoms with Crippen molar-refractivity contribution in [2.75, 3.05) is 20.2 Å². The summed E-state index contributed by atoms with van der Waals surface area (Å²) < 4.78 is 30.8. The van der Waals surface area contributed by atoms with Crippen LogP contribution in [-0.2, 0) is 19.6 Å². The zero-order valence-electron chi connectivity index (χ0n) is 10.7. The van der Waals surface area contributed by atoms with Gasteiger partial charge in [-0.15, -0.1) is 0 Å². The number of pyridine rings is 1. The minimum Gasteiger partial charge on any atom is -0.466 e. The predicted molar refractivity (Wildman–Crippen MR) is 73.0 cm³/mol. The molecule has 0 amide bonds. The highest BCUT2D eigenvalue weighted by Crippen LogP contribution is 2.17. The molecule has 0 bridgehead atoms. The Kier molecular flexibility index (Phi) is 5.89. The highest BCUT2D eigenvalue weighted by molar-refractivity contribution is 9.10. The molecule has 0 saturated heterocycles. The van der Waals surface area contributed by atoms with Crippen LogP contribution in [0.25, 0.3) is 0 Å². The Balaban J connectivity index is 2.75. The molecule has 0 N–H and O–H groups in total. The first-order chi connectivity index (χ1) is 8.87. The van der Waals surface area contributed by atoms with Crippen molar-refractivity contribution < 1.29 is 17.9 Å². The minimum absolute atomic E-state index is 0.0189. The van der Waals surface area contributed by atoms with Crippen LogP contribution in [0, 0.1) is 0 Å². The van der Waals surface area contributed by atoms with Crippen molar-refractivity contribution >= 4 is 31.9 Å². The molecule has 0 aromatic carbocycles. The molecule has 8 heteroatoms. The largest absolute Gasteiger partial charge is 0.466 e. The average Bonchev–Trinajstić information content (AvgIpc) is 2.36. The van der Waals surface area contributed by atoms with Gasteiger partial charge in [-0.25, -0.2) is 12.7 Å². The molecule has 0 unspecified atom stereocenters. The summed E-state index contributed by atoms with van der Waals surface area (Å²) in [4.78, 5) is 15.1. The molecular weight excluding hydrogens is 336 g/mol. The molecule has 19 heavy (non-hydrogen) atoms. The van der Waals surface area contributed by atoms with Crippen LogP contribution < -0.4 is 0 Å². The molecule has 0 radical (unpaired) electrons. The van der Waals surface area contributed by atoms with Crippen LogP contribution in [0.4, 0.5) is 0 Å². The van der Waals surface area contributed by atoms with Gasteiger partial charge in [-0.1, -0.05) is 0 Å². The fraction of sp³-hybridized carbons (Fsp3) is 0.455. The molecule has 0 aliphatic heterocycles. The number of sulfonamides is 1. The van der Waals surface area contributed by atoms with Gasteiger partial charge in [0.2, 0.25) is 10.0 Å². The molecule has 0 aliphatic rings. The van der Waals surface area contributed by atoms with E-state index in [1.54, 1.807) is 6.92 Å². The van der Waals surface area contributed by atoms with Crippen LogP contribution in [0.15, 0.2) is 27.8 Å². The van der Waals surface area contributed by atoms with Crippen LogP contribution in [0.1, 0.15) is 13.3 Å². The van der Waals surface area contributed by atoms with Gasteiger partial charge in [0.05, 0.1) is 13.0 Å². The smallest absolute Gasteiger partial charge is 0.307 e. The highest BCUT2D eigenvalue weighted by Gasteiger charge is 2.22. The number of hydrogen-bond acceptors (Lipinski definition) is 5. The van der Waals surface area contributed by atoms with E-state index in [4.69, 9.17) is 4.74 Å². The SMILES string of the molecule is CCOC(=O)CCN(C)S(=O)(=O)c1cncc(Br)c1. The van der Waals surface area contributed by atoms with E-state index in [1.165, 1.54) is 25.5 Å². The van der Waals surface area contributed by atoms with Gasteiger partial charge in [0.1, 0.15) is 4.90 Å². The molecule has 6 nitrogen and oxygen atoms in total. The Bertz CT molecular complexity index is 547. The Hall–Kier alpha value is -0.990. The van der Waals surface area contributed by atoms with Gasteiger partial charge in [-0.2, -0.15) is 0 Å². The second-order valence-electron chi connectivity index (χ2n) is 3.72. The van der Waals surface area contributed by atoms with E-state index in [0.717, 1.165) is 4.31 Å². The topological polar surface area (TPSA) is 76.6 Å². The van der Waals surface area contributed by atoms with E-state index in [-0.39, 0.29) is 24.5 Å². The zero-order chi connectivity index (χ0) is 14.5. The summed E-state index contributed by atoms with van der Waals surface area (Å²) in [6, 6.07) is 1.46. The molecule has 1 aromatic rings. The molecule has 1 rings (SSSR count). The molecule has 0 spiro atoms. The second kappa shape index (κ2) is 6.97. The fourth-order valence-corrected chi connectivity index (χ4v) is 2.99. The summed E-state index contributed by atoms with van der Waals surface area (Å²) in [5, 5.41) is 0. The molecule has 1 heterocycles. The standard InChI is InChI=1S/C11H15BrN2O4S/c1-3-18-11(15)4-5-14(2)19(16,17)10-6-9(12)7-13-8-10/h6-8H,3-5H2,1-2H3. The first kappa shape index (κ1) is 16.1. The summed E-state index contributed by atoms with van der Waals surface area (Å²) in [6.07, 6.45) is 2.78. The maximum absolute atomic E-state index is 12.2. The van der Waals surface area contributed by atoms with Crippen LogP contribution in [0.2, 0.25) is 0 Å². The lowest BCUT2D eigenvalue weighted by molar-refractivity contribution is -0.143. The van der Waals surface area contributed by atoms with E-state index in [1.807, 2.05) is 0 Å². The molecule has 0 atom stereocenters. The number of hydrogen-bond donors (Lipinski definition) is 0. The van der Waals surface area contributed by atoms with Gasteiger partial charge >= 0.3 is 5.97 Å². The second-order valence-corrected chi connectivity index (χ2v) is 6.68. The Morgan fingerprint density at radius 1 is 1.47 bits per heavy atom. The zero-order valence-corrected chi connectivity index (χ0v) is 13.1. The molecule has 0 fully saturated rings. The Labute approximate surface area is 121 Å². The van der Waals surface area contributed by atoms with Crippen molar-refractivity contribution in [2.45, 2.75) is 18.2 Å². The Morgan fingerprint density at radius 2 is 2.16 bits per heavy atom. The summed E-state index contributed by atoms with van der Waals surface area (Å²) >= 11 is 3.17. The lowest BCUT2D eigenvalue weighted by Gasteiger charge is -2.16. The van der Waals surface area contributed by atoms with Gasteiger partial charge in [0.15, 0.2) is 0 Å². The maximum atomic E-state index is 12.2. The number of ether oxygens (including phenoxy) is 1. The lowest BCUT2D eigenvalue weighted by Crippen LogP contribution is -2.29. The highest BCUT2D eigenvalue weighted by atomic mass is 79.9. The number of aromatic nitrogens is 1. The fourth-order valence-electron chi connectivity index (χ4n) is 1.32. The normalized spacial score (nSPS) is 11.6. The van der Waals surface area contributed by atoms with Crippen LogP contribution >= 0.6 is 15.9 Å². The van der Waals surface area contributed by atoms with Crippen molar-refractivity contribution in [3.8, 4) is 0 Å². The van der Waals surface area contributed by atoms with E-state index in [9.17, 15) is 13.2 Å². The van der Waals surface area contributed by atoms with Crippen molar-refractivity contribution in [1.82, 2.24) is 9.29 Å². The maximum Gasteiger partial charge on any atom is 0.307 e. The van der Waals surface area contributed by atoms with E-state index >= 15 is 0 Å². The summed E-state index contributed by atoms with van der Waals surface area (Å²) in [7, 11) is -2.23. The van der Waals surface area contributed by atoms with E-state index < -0.39 is 16.0 Å². The van der Waals surface area contributed by atoms with Crippen LogP contribution in [0.3, 0.4) is 0 Å². The van der Waals surface area contributed by atoms with E-state index in [2.05, 4.69) is 20.9 Å². The number of nitrogens with zero attached hydrogens (tertiary/aromatic N) is 2. The monoisotopic (exact) mass is 350 g/mol. The average molecular weight is 351 g/mol. The molecule has 1 aromatic heterocycles. The van der Waals surface area contributed by atoms with Gasteiger partial charge in [-0.05, 0) is 28.9 Å². The van der Waals surface area contributed by atoms with Crippen molar-refractivity contribution in [3.63, 3.8) is 0 Å². The third kappa shape index (κ3) is 4.55. The summed E-state index contributed by atoms with van der Waals surface area (Å²) in [5.74, 6) is -0.420. The number of halogens is 1. The third-order valence-electron chi connectivity index (χ3n) is 2.32. The lowest BCUT2D eigenvalue weighted by atomic mass is 10.4. The first-order valence-electron chi connectivity index (χ1n) is 5.60. The van der Waals surface area contributed by atoms with Crippen LogP contribution in [-0.4, -0.2) is 43.9 Å². The number of carbonyl (C=O) groups is 1. The number of esters is 1. The quantitative estimate of drug-likeness (QED) is 0.725. The van der Waals surface area contributed by atoms with Crippen LogP contribution in [0.5, 0.6) is 0 Å². The summed E-state index contributed by atoms with van der Waals surface area (Å²) in [6.45, 7) is 2.05. The summed E-state index contributed by atoms with van der Waals surface area (Å²) in [5.41, 5.74) is 0. The van der Waals surface area contributed by atoms with Crippen molar-refractivity contribution in [1.29, 1.82) is 0 Å². The van der Waals surface area contributed by atoms with E-state index in [0.29, 0.717) is 4.47 Å². The molecule has 0 saturated carbocycles. The number of rotatable bonds is 6. The molecule has 0 aliphatic carbocycles.